The Morgan fingerprint density at radius 1 is 1.17 bits per heavy atom. The predicted molar refractivity (Wildman–Crippen MR) is 92.3 cm³/mol. The van der Waals surface area contributed by atoms with Gasteiger partial charge in [-0.25, -0.2) is 9.78 Å². The SMILES string of the molecule is NC(Cc1ccccc1)c1nccn1-c1ccc(NC(=O)O)cc1. The van der Waals surface area contributed by atoms with E-state index in [0.29, 0.717) is 12.1 Å². The first-order chi connectivity index (χ1) is 11.6. The number of hydrogen-bond donors (Lipinski definition) is 3. The summed E-state index contributed by atoms with van der Waals surface area (Å²) < 4.78 is 1.91. The average molecular weight is 322 g/mol. The maximum atomic E-state index is 10.7. The Morgan fingerprint density at radius 2 is 1.88 bits per heavy atom. The summed E-state index contributed by atoms with van der Waals surface area (Å²) in [6.07, 6.45) is 3.16. The van der Waals surface area contributed by atoms with Crippen LogP contribution in [0.1, 0.15) is 17.4 Å². The molecule has 0 radical (unpaired) electrons. The number of carboxylic acid groups (broad SMARTS) is 1. The van der Waals surface area contributed by atoms with E-state index in [4.69, 9.17) is 10.8 Å². The van der Waals surface area contributed by atoms with Crippen molar-refractivity contribution in [2.75, 3.05) is 5.32 Å². The second kappa shape index (κ2) is 6.97. The lowest BCUT2D eigenvalue weighted by Crippen LogP contribution is -2.18. The minimum absolute atomic E-state index is 0.237. The van der Waals surface area contributed by atoms with Gasteiger partial charge in [-0.2, -0.15) is 0 Å². The summed E-state index contributed by atoms with van der Waals surface area (Å²) >= 11 is 0. The molecule has 1 unspecified atom stereocenters. The van der Waals surface area contributed by atoms with E-state index in [1.165, 1.54) is 0 Å². The molecule has 1 amide bonds. The van der Waals surface area contributed by atoms with Gasteiger partial charge in [-0.3, -0.25) is 5.32 Å². The van der Waals surface area contributed by atoms with Gasteiger partial charge in [0.2, 0.25) is 0 Å². The standard InChI is InChI=1S/C18H18N4O2/c19-16(12-13-4-2-1-3-5-13)17-20-10-11-22(17)15-8-6-14(7-9-15)21-18(23)24/h1-11,16,21H,12,19H2,(H,23,24). The molecule has 1 heterocycles. The molecular formula is C18H18N4O2. The van der Waals surface area contributed by atoms with Crippen LogP contribution >= 0.6 is 0 Å². The Morgan fingerprint density at radius 3 is 2.54 bits per heavy atom. The van der Waals surface area contributed by atoms with Gasteiger partial charge in [0, 0.05) is 23.8 Å². The number of anilines is 1. The quantitative estimate of drug-likeness (QED) is 0.672. The molecule has 0 bridgehead atoms. The first-order valence-electron chi connectivity index (χ1n) is 7.56. The number of nitrogens with two attached hydrogens (primary N) is 1. The van der Waals surface area contributed by atoms with Gasteiger partial charge in [0.05, 0.1) is 6.04 Å². The van der Waals surface area contributed by atoms with E-state index >= 15 is 0 Å². The molecule has 4 N–H and O–H groups in total. The molecule has 24 heavy (non-hydrogen) atoms. The van der Waals surface area contributed by atoms with Crippen molar-refractivity contribution in [2.45, 2.75) is 12.5 Å². The van der Waals surface area contributed by atoms with E-state index in [9.17, 15) is 4.79 Å². The molecule has 3 rings (SSSR count). The monoisotopic (exact) mass is 322 g/mol. The van der Waals surface area contributed by atoms with E-state index in [-0.39, 0.29) is 6.04 Å². The van der Waals surface area contributed by atoms with Crippen LogP contribution in [0, 0.1) is 0 Å². The van der Waals surface area contributed by atoms with E-state index in [1.807, 2.05) is 53.2 Å². The maximum absolute atomic E-state index is 10.7. The van der Waals surface area contributed by atoms with Crippen molar-refractivity contribution < 1.29 is 9.90 Å². The molecule has 1 aromatic heterocycles. The number of nitrogens with one attached hydrogen (secondary N) is 1. The van der Waals surface area contributed by atoms with E-state index in [0.717, 1.165) is 17.1 Å². The zero-order chi connectivity index (χ0) is 16.9. The molecule has 0 saturated carbocycles. The fourth-order valence-corrected chi connectivity index (χ4v) is 2.60. The molecular weight excluding hydrogens is 304 g/mol. The van der Waals surface area contributed by atoms with Crippen LogP contribution in [-0.2, 0) is 6.42 Å². The Balaban J connectivity index is 1.80. The Hall–Kier alpha value is -3.12. The number of carbonyl (C=O) groups is 1. The largest absolute Gasteiger partial charge is 0.465 e. The zero-order valence-corrected chi connectivity index (χ0v) is 13.0. The van der Waals surface area contributed by atoms with Gasteiger partial charge in [0.1, 0.15) is 5.82 Å². The molecule has 0 saturated heterocycles. The van der Waals surface area contributed by atoms with E-state index < -0.39 is 6.09 Å². The van der Waals surface area contributed by atoms with Crippen molar-refractivity contribution in [3.63, 3.8) is 0 Å². The van der Waals surface area contributed by atoms with Gasteiger partial charge in [0.25, 0.3) is 0 Å². The highest BCUT2D eigenvalue weighted by Gasteiger charge is 2.14. The average Bonchev–Trinajstić information content (AvgIpc) is 3.06. The third kappa shape index (κ3) is 3.61. The number of amides is 1. The predicted octanol–water partition coefficient (Wildman–Crippen LogP) is 3.20. The van der Waals surface area contributed by atoms with Crippen molar-refractivity contribution in [3.05, 3.63) is 78.4 Å². The lowest BCUT2D eigenvalue weighted by molar-refractivity contribution is 0.210. The van der Waals surface area contributed by atoms with Crippen LogP contribution in [0.5, 0.6) is 0 Å². The zero-order valence-electron chi connectivity index (χ0n) is 13.0. The molecule has 3 aromatic rings. The number of benzene rings is 2. The normalized spacial score (nSPS) is 11.9. The van der Waals surface area contributed by atoms with Crippen LogP contribution in [0.2, 0.25) is 0 Å². The summed E-state index contributed by atoms with van der Waals surface area (Å²) in [7, 11) is 0. The fraction of sp³-hybridized carbons (Fsp3) is 0.111. The minimum atomic E-state index is -1.09. The fourth-order valence-electron chi connectivity index (χ4n) is 2.60. The summed E-state index contributed by atoms with van der Waals surface area (Å²) in [5.74, 6) is 0.762. The number of aromatic nitrogens is 2. The number of hydrogen-bond acceptors (Lipinski definition) is 3. The van der Waals surface area contributed by atoms with Gasteiger partial charge in [-0.05, 0) is 36.2 Å². The van der Waals surface area contributed by atoms with Crippen molar-refractivity contribution in [3.8, 4) is 5.69 Å². The molecule has 0 spiro atoms. The van der Waals surface area contributed by atoms with E-state index in [2.05, 4.69) is 10.3 Å². The maximum Gasteiger partial charge on any atom is 0.409 e. The molecule has 0 aliphatic heterocycles. The topological polar surface area (TPSA) is 93.2 Å². The molecule has 6 heteroatoms. The summed E-state index contributed by atoms with van der Waals surface area (Å²) in [4.78, 5) is 15.0. The van der Waals surface area contributed by atoms with Crippen LogP contribution in [0.4, 0.5) is 10.5 Å². The second-order valence-corrected chi connectivity index (χ2v) is 5.43. The van der Waals surface area contributed by atoms with Gasteiger partial charge < -0.3 is 15.4 Å². The molecule has 122 valence electrons. The third-order valence-electron chi connectivity index (χ3n) is 3.70. The lowest BCUT2D eigenvalue weighted by Gasteiger charge is -2.15. The van der Waals surface area contributed by atoms with Crippen molar-refractivity contribution in [1.29, 1.82) is 0 Å². The van der Waals surface area contributed by atoms with Crippen molar-refractivity contribution in [2.24, 2.45) is 5.73 Å². The molecule has 1 atom stereocenters. The van der Waals surface area contributed by atoms with E-state index in [1.54, 1.807) is 18.3 Å². The first-order valence-corrected chi connectivity index (χ1v) is 7.56. The van der Waals surface area contributed by atoms with Crippen LogP contribution in [-0.4, -0.2) is 20.8 Å². The molecule has 0 aliphatic carbocycles. The van der Waals surface area contributed by atoms with Gasteiger partial charge in [0.15, 0.2) is 0 Å². The minimum Gasteiger partial charge on any atom is -0.465 e. The van der Waals surface area contributed by atoms with Crippen molar-refractivity contribution >= 4 is 11.8 Å². The lowest BCUT2D eigenvalue weighted by atomic mass is 10.1. The van der Waals surface area contributed by atoms with Gasteiger partial charge in [-0.1, -0.05) is 30.3 Å². The molecule has 6 nitrogen and oxygen atoms in total. The number of rotatable bonds is 5. The highest BCUT2D eigenvalue weighted by molar-refractivity contribution is 5.82. The summed E-state index contributed by atoms with van der Waals surface area (Å²) in [5, 5.41) is 11.0. The second-order valence-electron chi connectivity index (χ2n) is 5.43. The smallest absolute Gasteiger partial charge is 0.409 e. The molecule has 2 aromatic carbocycles. The Kier molecular flexibility index (Phi) is 4.58. The van der Waals surface area contributed by atoms with Gasteiger partial charge >= 0.3 is 6.09 Å². The Labute approximate surface area is 139 Å². The van der Waals surface area contributed by atoms with Crippen molar-refractivity contribution in [1.82, 2.24) is 9.55 Å². The van der Waals surface area contributed by atoms with Crippen LogP contribution in [0.25, 0.3) is 5.69 Å². The molecule has 0 aliphatic rings. The van der Waals surface area contributed by atoms with Crippen LogP contribution in [0.3, 0.4) is 0 Å². The molecule has 0 fully saturated rings. The van der Waals surface area contributed by atoms with Crippen LogP contribution in [0.15, 0.2) is 67.0 Å². The first kappa shape index (κ1) is 15.8. The number of imidazole rings is 1. The number of nitrogens with zero attached hydrogens (tertiary/aromatic N) is 2. The summed E-state index contributed by atoms with van der Waals surface area (Å²) in [6.45, 7) is 0. The highest BCUT2D eigenvalue weighted by Crippen LogP contribution is 2.20. The highest BCUT2D eigenvalue weighted by atomic mass is 16.4. The van der Waals surface area contributed by atoms with Gasteiger partial charge in [-0.15, -0.1) is 0 Å². The summed E-state index contributed by atoms with van der Waals surface area (Å²) in [5.41, 5.74) is 8.88. The Bertz CT molecular complexity index is 813. The third-order valence-corrected chi connectivity index (χ3v) is 3.70. The van der Waals surface area contributed by atoms with Crippen LogP contribution < -0.4 is 11.1 Å². The summed E-state index contributed by atoms with van der Waals surface area (Å²) in [6, 6.07) is 16.9.